The fourth-order valence-electron chi connectivity index (χ4n) is 1.45. The second-order valence-corrected chi connectivity index (χ2v) is 3.23. The van der Waals surface area contributed by atoms with Crippen molar-refractivity contribution in [3.05, 3.63) is 35.2 Å². The summed E-state index contributed by atoms with van der Waals surface area (Å²) >= 11 is 0. The summed E-state index contributed by atoms with van der Waals surface area (Å²) < 4.78 is 1.86. The van der Waals surface area contributed by atoms with Gasteiger partial charge in [0, 0.05) is 11.3 Å². The number of hydrogen-bond donors (Lipinski definition) is 1. The van der Waals surface area contributed by atoms with Gasteiger partial charge in [0.1, 0.15) is 0 Å². The fourth-order valence-corrected chi connectivity index (χ4v) is 1.45. The van der Waals surface area contributed by atoms with E-state index < -0.39 is 0 Å². The lowest BCUT2D eigenvalue weighted by Crippen LogP contribution is -1.95. The Morgan fingerprint density at radius 1 is 1.38 bits per heavy atom. The number of aromatic nitrogens is 2. The molecular weight excluding hydrogens is 164 g/mol. The smallest absolute Gasteiger partial charge is 0.0720 e. The Morgan fingerprint density at radius 3 is 2.85 bits per heavy atom. The number of aliphatic hydroxyl groups is 1. The molecular formula is C10H12N2O. The maximum atomic E-state index is 9.03. The minimum absolute atomic E-state index is 0.0476. The summed E-state index contributed by atoms with van der Waals surface area (Å²) in [7, 11) is 0. The van der Waals surface area contributed by atoms with Crippen LogP contribution < -0.4 is 0 Å². The quantitative estimate of drug-likeness (QED) is 0.714. The molecule has 2 aromatic rings. The summed E-state index contributed by atoms with van der Waals surface area (Å²) in [5.41, 5.74) is 4.20. The van der Waals surface area contributed by atoms with Crippen LogP contribution in [0, 0.1) is 13.8 Å². The van der Waals surface area contributed by atoms with Crippen LogP contribution in [0.15, 0.2) is 18.3 Å². The highest BCUT2D eigenvalue weighted by molar-refractivity contribution is 5.55. The standard InChI is InChI=1S/C10H12N2O/c1-7-3-4-10-9(6-13)5-11-12(10)8(7)2/h3-5,13H,6H2,1-2H3. The van der Waals surface area contributed by atoms with E-state index in [0.29, 0.717) is 0 Å². The maximum absolute atomic E-state index is 9.03. The average molecular weight is 176 g/mol. The molecule has 0 spiro atoms. The molecule has 0 fully saturated rings. The molecule has 0 saturated heterocycles. The average Bonchev–Trinajstić information content (AvgIpc) is 2.55. The number of hydrogen-bond acceptors (Lipinski definition) is 2. The molecule has 1 N–H and O–H groups in total. The van der Waals surface area contributed by atoms with Gasteiger partial charge in [-0.1, -0.05) is 6.07 Å². The molecule has 13 heavy (non-hydrogen) atoms. The SMILES string of the molecule is Cc1ccc2c(CO)cnn2c1C. The number of pyridine rings is 1. The summed E-state index contributed by atoms with van der Waals surface area (Å²) in [6.07, 6.45) is 1.71. The molecule has 68 valence electrons. The van der Waals surface area contributed by atoms with Crippen molar-refractivity contribution in [2.24, 2.45) is 0 Å². The summed E-state index contributed by atoms with van der Waals surface area (Å²) in [5, 5.41) is 13.2. The van der Waals surface area contributed by atoms with Gasteiger partial charge in [-0.2, -0.15) is 5.10 Å². The van der Waals surface area contributed by atoms with Gasteiger partial charge in [0.05, 0.1) is 18.3 Å². The second-order valence-electron chi connectivity index (χ2n) is 3.23. The summed E-state index contributed by atoms with van der Waals surface area (Å²) in [4.78, 5) is 0. The molecule has 0 aromatic carbocycles. The van der Waals surface area contributed by atoms with Crippen LogP contribution >= 0.6 is 0 Å². The van der Waals surface area contributed by atoms with Crippen molar-refractivity contribution in [3.8, 4) is 0 Å². The van der Waals surface area contributed by atoms with E-state index in [2.05, 4.69) is 12.0 Å². The van der Waals surface area contributed by atoms with Gasteiger partial charge in [-0.3, -0.25) is 0 Å². The van der Waals surface area contributed by atoms with Gasteiger partial charge >= 0.3 is 0 Å². The van der Waals surface area contributed by atoms with E-state index in [0.717, 1.165) is 16.8 Å². The van der Waals surface area contributed by atoms with E-state index in [1.165, 1.54) is 5.56 Å². The molecule has 0 aliphatic rings. The molecule has 2 heterocycles. The van der Waals surface area contributed by atoms with E-state index in [9.17, 15) is 0 Å². The lowest BCUT2D eigenvalue weighted by molar-refractivity contribution is 0.283. The topological polar surface area (TPSA) is 37.5 Å². The molecule has 2 aromatic heterocycles. The molecule has 0 radical (unpaired) electrons. The zero-order valence-electron chi connectivity index (χ0n) is 7.78. The second kappa shape index (κ2) is 2.85. The van der Waals surface area contributed by atoms with Crippen LogP contribution in [0.5, 0.6) is 0 Å². The molecule has 0 aliphatic carbocycles. The van der Waals surface area contributed by atoms with E-state index in [4.69, 9.17) is 5.11 Å². The monoisotopic (exact) mass is 176 g/mol. The number of aryl methyl sites for hydroxylation is 2. The van der Waals surface area contributed by atoms with Crippen molar-refractivity contribution in [1.82, 2.24) is 9.61 Å². The Hall–Kier alpha value is -1.35. The minimum Gasteiger partial charge on any atom is -0.392 e. The number of nitrogens with zero attached hydrogens (tertiary/aromatic N) is 2. The van der Waals surface area contributed by atoms with Crippen molar-refractivity contribution in [2.45, 2.75) is 20.5 Å². The highest BCUT2D eigenvalue weighted by Gasteiger charge is 2.05. The van der Waals surface area contributed by atoms with Crippen LogP contribution in [0.3, 0.4) is 0 Å². The van der Waals surface area contributed by atoms with Gasteiger partial charge in [0.25, 0.3) is 0 Å². The molecule has 0 amide bonds. The van der Waals surface area contributed by atoms with Gasteiger partial charge < -0.3 is 5.11 Å². The van der Waals surface area contributed by atoms with Gasteiger partial charge in [-0.25, -0.2) is 4.52 Å². The normalized spacial score (nSPS) is 11.0. The molecule has 0 saturated carbocycles. The van der Waals surface area contributed by atoms with Gasteiger partial charge in [-0.05, 0) is 25.5 Å². The molecule has 0 unspecified atom stereocenters. The van der Waals surface area contributed by atoms with Crippen LogP contribution in [-0.2, 0) is 6.61 Å². The Kier molecular flexibility index (Phi) is 1.81. The van der Waals surface area contributed by atoms with Crippen LogP contribution in [0.2, 0.25) is 0 Å². The summed E-state index contributed by atoms with van der Waals surface area (Å²) in [6.45, 7) is 4.12. The Balaban J connectivity index is 2.81. The third kappa shape index (κ3) is 1.12. The predicted octanol–water partition coefficient (Wildman–Crippen LogP) is 1.44. The maximum Gasteiger partial charge on any atom is 0.0720 e. The lowest BCUT2D eigenvalue weighted by atomic mass is 10.2. The third-order valence-corrected chi connectivity index (χ3v) is 2.44. The first-order valence-electron chi connectivity index (χ1n) is 4.27. The van der Waals surface area contributed by atoms with Crippen LogP contribution in [0.1, 0.15) is 16.8 Å². The van der Waals surface area contributed by atoms with Crippen molar-refractivity contribution in [3.63, 3.8) is 0 Å². The highest BCUT2D eigenvalue weighted by atomic mass is 16.3. The molecule has 0 aliphatic heterocycles. The Labute approximate surface area is 76.6 Å². The first-order chi connectivity index (χ1) is 6.24. The number of fused-ring (bicyclic) bond motifs is 1. The first kappa shape index (κ1) is 8.26. The van der Waals surface area contributed by atoms with E-state index in [1.807, 2.05) is 23.6 Å². The van der Waals surface area contributed by atoms with Crippen LogP contribution in [0.4, 0.5) is 0 Å². The molecule has 3 heteroatoms. The Morgan fingerprint density at radius 2 is 2.15 bits per heavy atom. The van der Waals surface area contributed by atoms with Gasteiger partial charge in [-0.15, -0.1) is 0 Å². The van der Waals surface area contributed by atoms with Gasteiger partial charge in [0.2, 0.25) is 0 Å². The summed E-state index contributed by atoms with van der Waals surface area (Å²) in [5.74, 6) is 0. The number of rotatable bonds is 1. The zero-order valence-corrected chi connectivity index (χ0v) is 7.78. The van der Waals surface area contributed by atoms with E-state index in [1.54, 1.807) is 6.20 Å². The lowest BCUT2D eigenvalue weighted by Gasteiger charge is -2.02. The van der Waals surface area contributed by atoms with Crippen molar-refractivity contribution in [2.75, 3.05) is 0 Å². The van der Waals surface area contributed by atoms with Crippen molar-refractivity contribution >= 4 is 5.52 Å². The first-order valence-corrected chi connectivity index (χ1v) is 4.27. The number of aliphatic hydroxyl groups excluding tert-OH is 1. The van der Waals surface area contributed by atoms with Crippen LogP contribution in [-0.4, -0.2) is 14.7 Å². The fraction of sp³-hybridized carbons (Fsp3) is 0.300. The molecule has 0 bridgehead atoms. The largest absolute Gasteiger partial charge is 0.392 e. The molecule has 0 atom stereocenters. The van der Waals surface area contributed by atoms with Gasteiger partial charge in [0.15, 0.2) is 0 Å². The van der Waals surface area contributed by atoms with Crippen molar-refractivity contribution in [1.29, 1.82) is 0 Å². The minimum atomic E-state index is 0.0476. The van der Waals surface area contributed by atoms with Crippen LogP contribution in [0.25, 0.3) is 5.52 Å². The molecule has 3 nitrogen and oxygen atoms in total. The van der Waals surface area contributed by atoms with E-state index >= 15 is 0 Å². The summed E-state index contributed by atoms with van der Waals surface area (Å²) in [6, 6.07) is 4.03. The van der Waals surface area contributed by atoms with E-state index in [-0.39, 0.29) is 6.61 Å². The zero-order chi connectivity index (χ0) is 9.42. The third-order valence-electron chi connectivity index (χ3n) is 2.44. The van der Waals surface area contributed by atoms with Crippen molar-refractivity contribution < 1.29 is 5.11 Å². The molecule has 2 rings (SSSR count). The Bertz CT molecular complexity index is 445. The predicted molar refractivity (Wildman–Crippen MR) is 50.6 cm³/mol. The highest BCUT2D eigenvalue weighted by Crippen LogP contribution is 2.14.